The van der Waals surface area contributed by atoms with Crippen LogP contribution in [0.1, 0.15) is 21.5 Å². The summed E-state index contributed by atoms with van der Waals surface area (Å²) in [6.45, 7) is 1.62. The number of aryl methyl sites for hydroxylation is 1. The Morgan fingerprint density at radius 3 is 2.67 bits per heavy atom. The topological polar surface area (TPSA) is 90.7 Å². The molecule has 7 nitrogen and oxygen atoms in total. The molecule has 1 N–H and O–H groups in total. The molecule has 0 saturated heterocycles. The third-order valence-corrected chi connectivity index (χ3v) is 3.62. The van der Waals surface area contributed by atoms with Crippen LogP contribution in [0.2, 0.25) is 0 Å². The van der Waals surface area contributed by atoms with Gasteiger partial charge in [-0.1, -0.05) is 12.1 Å². The van der Waals surface area contributed by atoms with Crippen molar-refractivity contribution >= 4 is 11.6 Å². The number of halogens is 1. The number of carbonyl (C=O) groups is 1. The molecule has 124 valence electrons. The summed E-state index contributed by atoms with van der Waals surface area (Å²) in [4.78, 5) is 22.8. The molecular formula is C16H13FN2O5. The van der Waals surface area contributed by atoms with Crippen LogP contribution >= 0.6 is 0 Å². The van der Waals surface area contributed by atoms with E-state index in [9.17, 15) is 19.3 Å². The van der Waals surface area contributed by atoms with Gasteiger partial charge in [0.15, 0.2) is 11.5 Å². The van der Waals surface area contributed by atoms with E-state index in [1.807, 2.05) is 0 Å². The summed E-state index contributed by atoms with van der Waals surface area (Å²) in [6.07, 6.45) is 0. The van der Waals surface area contributed by atoms with Gasteiger partial charge in [-0.2, -0.15) is 0 Å². The summed E-state index contributed by atoms with van der Waals surface area (Å²) >= 11 is 0. The zero-order valence-corrected chi connectivity index (χ0v) is 12.7. The maximum Gasteiger partial charge on any atom is 0.286 e. The van der Waals surface area contributed by atoms with E-state index in [4.69, 9.17) is 9.47 Å². The van der Waals surface area contributed by atoms with Crippen LogP contribution < -0.4 is 14.8 Å². The molecule has 2 aromatic carbocycles. The summed E-state index contributed by atoms with van der Waals surface area (Å²) in [6, 6.07) is 7.00. The predicted molar refractivity (Wildman–Crippen MR) is 81.5 cm³/mol. The number of nitro groups is 1. The lowest BCUT2D eigenvalue weighted by Gasteiger charge is -2.08. The number of carbonyl (C=O) groups excluding carboxylic acids is 1. The Morgan fingerprint density at radius 1 is 1.29 bits per heavy atom. The van der Waals surface area contributed by atoms with Gasteiger partial charge in [0.25, 0.3) is 11.6 Å². The second kappa shape index (κ2) is 6.15. The minimum absolute atomic E-state index is 0.0433. The Kier molecular flexibility index (Phi) is 4.03. The van der Waals surface area contributed by atoms with Gasteiger partial charge in [0.1, 0.15) is 11.4 Å². The average Bonchev–Trinajstić information content (AvgIpc) is 3.01. The fourth-order valence-corrected chi connectivity index (χ4v) is 2.29. The van der Waals surface area contributed by atoms with Crippen LogP contribution in [0.3, 0.4) is 0 Å². The number of nitrogens with one attached hydrogen (secondary N) is 1. The molecular weight excluding hydrogens is 319 g/mol. The third kappa shape index (κ3) is 2.98. The molecule has 3 rings (SSSR count). The van der Waals surface area contributed by atoms with E-state index in [0.717, 1.165) is 6.07 Å². The van der Waals surface area contributed by atoms with Gasteiger partial charge in [0, 0.05) is 12.6 Å². The zero-order valence-electron chi connectivity index (χ0n) is 12.7. The minimum Gasteiger partial charge on any atom is -0.454 e. The number of rotatable bonds is 4. The maximum atomic E-state index is 13.5. The highest BCUT2D eigenvalue weighted by Gasteiger charge is 2.27. The number of amides is 1. The number of benzene rings is 2. The molecule has 1 aliphatic heterocycles. The van der Waals surface area contributed by atoms with Crippen molar-refractivity contribution in [2.75, 3.05) is 6.79 Å². The van der Waals surface area contributed by atoms with Gasteiger partial charge in [-0.25, -0.2) is 4.39 Å². The van der Waals surface area contributed by atoms with Crippen LogP contribution in [-0.2, 0) is 6.54 Å². The second-order valence-corrected chi connectivity index (χ2v) is 5.25. The van der Waals surface area contributed by atoms with Gasteiger partial charge in [0.2, 0.25) is 6.79 Å². The van der Waals surface area contributed by atoms with E-state index in [1.165, 1.54) is 12.1 Å². The van der Waals surface area contributed by atoms with Crippen LogP contribution in [0, 0.1) is 22.9 Å². The normalized spacial score (nSPS) is 12.1. The van der Waals surface area contributed by atoms with Crippen molar-refractivity contribution in [3.63, 3.8) is 0 Å². The Hall–Kier alpha value is -3.16. The number of hydrogen-bond donors (Lipinski definition) is 1. The smallest absolute Gasteiger partial charge is 0.286 e. The summed E-state index contributed by atoms with van der Waals surface area (Å²) < 4.78 is 23.7. The first-order valence-corrected chi connectivity index (χ1v) is 7.07. The SMILES string of the molecule is Cc1ccc(CNC(=O)c2cc3c(cc2[N+](=O)[O-])OCO3)cc1F. The van der Waals surface area contributed by atoms with Crippen molar-refractivity contribution in [3.8, 4) is 11.5 Å². The number of nitro benzene ring substituents is 1. The van der Waals surface area contributed by atoms with Crippen LogP contribution in [0.5, 0.6) is 11.5 Å². The average molecular weight is 332 g/mol. The van der Waals surface area contributed by atoms with Crippen molar-refractivity contribution < 1.29 is 23.6 Å². The molecule has 0 saturated carbocycles. The summed E-state index contributed by atoms with van der Waals surface area (Å²) in [5.41, 5.74) is 0.523. The Balaban J connectivity index is 1.81. The molecule has 0 aliphatic carbocycles. The number of hydrogen-bond acceptors (Lipinski definition) is 5. The third-order valence-electron chi connectivity index (χ3n) is 3.62. The van der Waals surface area contributed by atoms with Crippen molar-refractivity contribution in [3.05, 3.63) is 63.0 Å². The lowest BCUT2D eigenvalue weighted by molar-refractivity contribution is -0.385. The van der Waals surface area contributed by atoms with Gasteiger partial charge in [-0.3, -0.25) is 14.9 Å². The van der Waals surface area contributed by atoms with Crippen LogP contribution in [0.4, 0.5) is 10.1 Å². The second-order valence-electron chi connectivity index (χ2n) is 5.25. The van der Waals surface area contributed by atoms with Crippen LogP contribution in [0.15, 0.2) is 30.3 Å². The van der Waals surface area contributed by atoms with E-state index in [1.54, 1.807) is 19.1 Å². The first-order chi connectivity index (χ1) is 11.5. The fraction of sp³-hybridized carbons (Fsp3) is 0.188. The molecule has 0 bridgehead atoms. The molecule has 1 heterocycles. The summed E-state index contributed by atoms with van der Waals surface area (Å²) in [5.74, 6) is -0.539. The van der Waals surface area contributed by atoms with Gasteiger partial charge < -0.3 is 14.8 Å². The Labute approximate surface area is 136 Å². The molecule has 8 heteroatoms. The van der Waals surface area contributed by atoms with E-state index >= 15 is 0 Å². The van der Waals surface area contributed by atoms with E-state index in [2.05, 4.69) is 5.32 Å². The molecule has 1 aliphatic rings. The van der Waals surface area contributed by atoms with E-state index < -0.39 is 10.8 Å². The maximum absolute atomic E-state index is 13.5. The monoisotopic (exact) mass is 332 g/mol. The van der Waals surface area contributed by atoms with Crippen LogP contribution in [-0.4, -0.2) is 17.6 Å². The molecule has 0 fully saturated rings. The molecule has 24 heavy (non-hydrogen) atoms. The predicted octanol–water partition coefficient (Wildman–Crippen LogP) is 2.70. The van der Waals surface area contributed by atoms with Gasteiger partial charge >= 0.3 is 0 Å². The molecule has 0 unspecified atom stereocenters. The number of ether oxygens (including phenoxy) is 2. The first-order valence-electron chi connectivity index (χ1n) is 7.07. The Morgan fingerprint density at radius 2 is 2.00 bits per heavy atom. The molecule has 0 atom stereocenters. The van der Waals surface area contributed by atoms with E-state index in [0.29, 0.717) is 11.1 Å². The lowest BCUT2D eigenvalue weighted by atomic mass is 10.1. The molecule has 2 aromatic rings. The quantitative estimate of drug-likeness (QED) is 0.687. The number of fused-ring (bicyclic) bond motifs is 1. The fourth-order valence-electron chi connectivity index (χ4n) is 2.29. The summed E-state index contributed by atoms with van der Waals surface area (Å²) in [7, 11) is 0. The van der Waals surface area contributed by atoms with Crippen molar-refractivity contribution in [1.29, 1.82) is 0 Å². The first kappa shape index (κ1) is 15.7. The van der Waals surface area contributed by atoms with Crippen molar-refractivity contribution in [2.24, 2.45) is 0 Å². The zero-order chi connectivity index (χ0) is 17.3. The Bertz CT molecular complexity index is 837. The number of nitrogens with zero attached hydrogens (tertiary/aromatic N) is 1. The van der Waals surface area contributed by atoms with Crippen LogP contribution in [0.25, 0.3) is 0 Å². The lowest BCUT2D eigenvalue weighted by Crippen LogP contribution is -2.23. The highest BCUT2D eigenvalue weighted by atomic mass is 19.1. The van der Waals surface area contributed by atoms with Crippen molar-refractivity contribution in [1.82, 2.24) is 5.32 Å². The van der Waals surface area contributed by atoms with Gasteiger partial charge in [-0.05, 0) is 24.1 Å². The highest BCUT2D eigenvalue weighted by molar-refractivity contribution is 5.99. The van der Waals surface area contributed by atoms with Gasteiger partial charge in [-0.15, -0.1) is 0 Å². The standard InChI is InChI=1S/C16H13FN2O5/c1-9-2-3-10(4-12(9)17)7-18-16(20)11-5-14-15(24-8-23-14)6-13(11)19(21)22/h2-6H,7-8H2,1H3,(H,18,20). The molecule has 0 spiro atoms. The molecule has 0 aromatic heterocycles. The largest absolute Gasteiger partial charge is 0.454 e. The minimum atomic E-state index is -0.664. The molecule has 0 radical (unpaired) electrons. The van der Waals surface area contributed by atoms with E-state index in [-0.39, 0.29) is 41.9 Å². The van der Waals surface area contributed by atoms with Crippen molar-refractivity contribution in [2.45, 2.75) is 13.5 Å². The summed E-state index contributed by atoms with van der Waals surface area (Å²) in [5, 5.41) is 13.7. The molecule has 1 amide bonds. The highest BCUT2D eigenvalue weighted by Crippen LogP contribution is 2.37. The van der Waals surface area contributed by atoms with Gasteiger partial charge in [0.05, 0.1) is 11.0 Å².